The highest BCUT2D eigenvalue weighted by Crippen LogP contribution is 2.39. The van der Waals surface area contributed by atoms with Crippen LogP contribution in [0.15, 0.2) is 48.7 Å². The van der Waals surface area contributed by atoms with E-state index in [1.54, 1.807) is 12.1 Å². The number of carbonyl (C=O) groups excluding carboxylic acids is 3. The van der Waals surface area contributed by atoms with Crippen molar-refractivity contribution in [3.05, 3.63) is 59.9 Å². The van der Waals surface area contributed by atoms with E-state index < -0.39 is 24.1 Å². The zero-order valence-corrected chi connectivity index (χ0v) is 18.3. The number of hydrogen-bond acceptors (Lipinski definition) is 6. The van der Waals surface area contributed by atoms with E-state index in [-0.39, 0.29) is 31.1 Å². The number of fused-ring (bicyclic) bond motifs is 1. The molecule has 0 bridgehead atoms. The fourth-order valence-electron chi connectivity index (χ4n) is 4.05. The molecule has 2 amide bonds. The van der Waals surface area contributed by atoms with Gasteiger partial charge in [-0.15, -0.1) is 0 Å². The van der Waals surface area contributed by atoms with E-state index in [9.17, 15) is 18.8 Å². The van der Waals surface area contributed by atoms with Crippen LogP contribution in [0.2, 0.25) is 0 Å². The van der Waals surface area contributed by atoms with Crippen molar-refractivity contribution in [3.8, 4) is 11.3 Å². The number of halogens is 1. The van der Waals surface area contributed by atoms with Crippen molar-refractivity contribution in [2.24, 2.45) is 5.92 Å². The number of ether oxygens (including phenoxy) is 1. The molecule has 1 aliphatic carbocycles. The second kappa shape index (κ2) is 8.62. The third kappa shape index (κ3) is 4.09. The number of aromatic amines is 1. The molecule has 2 atom stereocenters. The summed E-state index contributed by atoms with van der Waals surface area (Å²) in [5.41, 5.74) is 3.62. The van der Waals surface area contributed by atoms with Crippen molar-refractivity contribution >= 4 is 35.0 Å². The largest absolute Gasteiger partial charge is 0.453 e. The number of anilines is 3. The fraction of sp³-hybridized carbons (Fsp3) is 0.250. The molecule has 174 valence electrons. The number of Topliss-reactive ketones (excluding diaryl/α,β-unsaturated/α-hetero) is 1. The van der Waals surface area contributed by atoms with Gasteiger partial charge in [-0.3, -0.25) is 14.5 Å². The number of hydrogen-bond donors (Lipinski definition) is 3. The van der Waals surface area contributed by atoms with E-state index in [0.717, 1.165) is 5.69 Å². The first-order valence-electron chi connectivity index (χ1n) is 10.8. The van der Waals surface area contributed by atoms with E-state index in [1.165, 1.54) is 18.2 Å². The number of amides is 2. The van der Waals surface area contributed by atoms with Crippen LogP contribution in [0.4, 0.5) is 26.4 Å². The number of ketones is 1. The number of nitrogens with zero attached hydrogens (tertiary/aromatic N) is 2. The maximum atomic E-state index is 13.3. The summed E-state index contributed by atoms with van der Waals surface area (Å²) in [5.74, 6) is -1.00. The Morgan fingerprint density at radius 3 is 2.68 bits per heavy atom. The molecule has 0 saturated heterocycles. The van der Waals surface area contributed by atoms with Crippen LogP contribution >= 0.6 is 0 Å². The summed E-state index contributed by atoms with van der Waals surface area (Å²) < 4.78 is 18.0. The predicted molar refractivity (Wildman–Crippen MR) is 123 cm³/mol. The van der Waals surface area contributed by atoms with Gasteiger partial charge < -0.3 is 20.4 Å². The molecule has 3 aromatic rings. The Kier molecular flexibility index (Phi) is 5.48. The molecule has 1 fully saturated rings. The first kappa shape index (κ1) is 21.6. The van der Waals surface area contributed by atoms with Gasteiger partial charge in [-0.2, -0.15) is 0 Å². The Morgan fingerprint density at radius 2 is 1.97 bits per heavy atom. The number of benzene rings is 1. The van der Waals surface area contributed by atoms with Crippen LogP contribution in [0.1, 0.15) is 22.5 Å². The monoisotopic (exact) mass is 463 g/mol. The number of methoxy groups -OCH3 is 1. The molecule has 10 heteroatoms. The maximum absolute atomic E-state index is 13.3. The van der Waals surface area contributed by atoms with E-state index in [1.807, 2.05) is 30.3 Å². The number of H-pyrrole nitrogens is 1. The van der Waals surface area contributed by atoms with Gasteiger partial charge in [0.15, 0.2) is 5.78 Å². The minimum absolute atomic E-state index is 0.107. The Balaban J connectivity index is 1.54. The van der Waals surface area contributed by atoms with Crippen LogP contribution in [0.25, 0.3) is 11.3 Å². The van der Waals surface area contributed by atoms with Crippen molar-refractivity contribution in [2.45, 2.75) is 19.1 Å². The highest BCUT2D eigenvalue weighted by molar-refractivity contribution is 6.09. The van der Waals surface area contributed by atoms with Crippen molar-refractivity contribution in [2.75, 3.05) is 24.3 Å². The molecule has 5 rings (SSSR count). The molecule has 1 saturated carbocycles. The van der Waals surface area contributed by atoms with Crippen molar-refractivity contribution in [3.63, 3.8) is 0 Å². The third-order valence-electron chi connectivity index (χ3n) is 5.87. The lowest BCUT2D eigenvalue weighted by molar-refractivity contribution is -0.117. The zero-order chi connectivity index (χ0) is 23.8. The number of carbonyl (C=O) groups is 3. The molecular formula is C24H22FN5O4. The van der Waals surface area contributed by atoms with Crippen LogP contribution in [-0.2, 0) is 16.1 Å². The van der Waals surface area contributed by atoms with Crippen molar-refractivity contribution in [1.29, 1.82) is 0 Å². The summed E-state index contributed by atoms with van der Waals surface area (Å²) in [6.45, 7) is 0.0648. The number of rotatable bonds is 5. The molecule has 2 aliphatic rings. The van der Waals surface area contributed by atoms with Crippen LogP contribution < -0.4 is 10.6 Å². The first-order valence-corrected chi connectivity index (χ1v) is 10.8. The smallest absolute Gasteiger partial charge is 0.410 e. The topological polar surface area (TPSA) is 116 Å². The lowest BCUT2D eigenvalue weighted by Gasteiger charge is -2.25. The average Bonchev–Trinajstić information content (AvgIpc) is 3.47. The molecule has 0 radical (unpaired) electrons. The molecule has 2 aromatic heterocycles. The molecule has 1 aromatic carbocycles. The number of nitrogens with one attached hydrogen (secondary N) is 3. The summed E-state index contributed by atoms with van der Waals surface area (Å²) in [7, 11) is 1.27. The maximum Gasteiger partial charge on any atom is 0.410 e. The molecule has 3 N–H and O–H groups in total. The van der Waals surface area contributed by atoms with Crippen LogP contribution in [-0.4, -0.2) is 52.5 Å². The minimum atomic E-state index is -1.11. The Hall–Kier alpha value is -4.21. The Morgan fingerprint density at radius 1 is 1.21 bits per heavy atom. The summed E-state index contributed by atoms with van der Waals surface area (Å²) in [6, 6.07) is 12.8. The normalized spacial score (nSPS) is 18.8. The second-order valence-electron chi connectivity index (χ2n) is 8.25. The van der Waals surface area contributed by atoms with Gasteiger partial charge in [-0.1, -0.05) is 18.2 Å². The quantitative estimate of drug-likeness (QED) is 0.529. The van der Waals surface area contributed by atoms with Crippen LogP contribution in [0, 0.1) is 5.92 Å². The minimum Gasteiger partial charge on any atom is -0.453 e. The number of pyridine rings is 1. The molecule has 3 heterocycles. The van der Waals surface area contributed by atoms with Crippen LogP contribution in [0.3, 0.4) is 0 Å². The average molecular weight is 463 g/mol. The standard InChI is InChI=1S/C24H22FN5O4/c1-34-24(33)30-11-17-20(18(31)12-30)22(27-14-5-3-2-4-6-14)21(28-17)13-7-8-26-19(9-13)29-23(32)15-10-16(15)25/h2-9,15-16,27-28H,10-12H2,1H3,(H,26,29,32)/t15-,16+/m0/s1. The van der Waals surface area contributed by atoms with Gasteiger partial charge in [-0.05, 0) is 30.7 Å². The number of alkyl halides is 1. The Bertz CT molecular complexity index is 1280. The predicted octanol–water partition coefficient (Wildman–Crippen LogP) is 3.88. The third-order valence-corrected chi connectivity index (χ3v) is 5.87. The zero-order valence-electron chi connectivity index (χ0n) is 18.3. The van der Waals surface area contributed by atoms with E-state index in [4.69, 9.17) is 4.74 Å². The Labute approximate surface area is 194 Å². The molecule has 0 unspecified atom stereocenters. The molecule has 0 spiro atoms. The second-order valence-corrected chi connectivity index (χ2v) is 8.25. The van der Waals surface area contributed by atoms with Gasteiger partial charge in [0.05, 0.1) is 43.1 Å². The lowest BCUT2D eigenvalue weighted by atomic mass is 10.0. The fourth-order valence-corrected chi connectivity index (χ4v) is 4.05. The molecule has 34 heavy (non-hydrogen) atoms. The van der Waals surface area contributed by atoms with Crippen LogP contribution in [0.5, 0.6) is 0 Å². The van der Waals surface area contributed by atoms with Crippen molar-refractivity contribution in [1.82, 2.24) is 14.9 Å². The van der Waals surface area contributed by atoms with Gasteiger partial charge in [0.1, 0.15) is 12.0 Å². The van der Waals surface area contributed by atoms with Gasteiger partial charge >= 0.3 is 6.09 Å². The molecular weight excluding hydrogens is 441 g/mol. The van der Waals surface area contributed by atoms with E-state index in [0.29, 0.717) is 28.2 Å². The summed E-state index contributed by atoms with van der Waals surface area (Å²) in [6.07, 6.45) is 0.0507. The highest BCUT2D eigenvalue weighted by atomic mass is 19.1. The SMILES string of the molecule is COC(=O)N1CC(=O)c2c([nH]c(-c3ccnc(NC(=O)[C@H]4C[C@H]4F)c3)c2Nc2ccccc2)C1. The highest BCUT2D eigenvalue weighted by Gasteiger charge is 2.43. The summed E-state index contributed by atoms with van der Waals surface area (Å²) >= 11 is 0. The molecule has 1 aliphatic heterocycles. The number of para-hydroxylation sites is 1. The summed E-state index contributed by atoms with van der Waals surface area (Å²) in [5, 5.41) is 5.97. The van der Waals surface area contributed by atoms with E-state index in [2.05, 4.69) is 20.6 Å². The van der Waals surface area contributed by atoms with Gasteiger partial charge in [-0.25, -0.2) is 14.2 Å². The van der Waals surface area contributed by atoms with E-state index >= 15 is 0 Å². The lowest BCUT2D eigenvalue weighted by Crippen LogP contribution is -2.39. The van der Waals surface area contributed by atoms with Gasteiger partial charge in [0.25, 0.3) is 0 Å². The van der Waals surface area contributed by atoms with Crippen molar-refractivity contribution < 1.29 is 23.5 Å². The number of aromatic nitrogens is 2. The first-order chi connectivity index (χ1) is 16.4. The molecule has 9 nitrogen and oxygen atoms in total. The summed E-state index contributed by atoms with van der Waals surface area (Å²) in [4.78, 5) is 46.1. The van der Waals surface area contributed by atoms with Gasteiger partial charge in [0, 0.05) is 23.1 Å². The van der Waals surface area contributed by atoms with Gasteiger partial charge in [0.2, 0.25) is 5.91 Å².